The highest BCUT2D eigenvalue weighted by Gasteiger charge is 2.28. The second-order valence-electron chi connectivity index (χ2n) is 7.25. The molecule has 3 heteroatoms. The molecule has 2 aromatic carbocycles. The molecule has 1 fully saturated rings. The van der Waals surface area contributed by atoms with E-state index in [0.717, 1.165) is 37.1 Å². The van der Waals surface area contributed by atoms with Gasteiger partial charge in [0.2, 0.25) is 5.91 Å². The fourth-order valence-corrected chi connectivity index (χ4v) is 3.76. The van der Waals surface area contributed by atoms with E-state index in [1.807, 2.05) is 67.6 Å². The van der Waals surface area contributed by atoms with E-state index in [0.29, 0.717) is 6.42 Å². The molecule has 0 unspecified atom stereocenters. The summed E-state index contributed by atoms with van der Waals surface area (Å²) in [6.07, 6.45) is 5.81. The summed E-state index contributed by atoms with van der Waals surface area (Å²) in [5, 5.41) is 0. The number of carbonyl (C=O) groups is 2. The van der Waals surface area contributed by atoms with Crippen molar-refractivity contribution < 1.29 is 9.59 Å². The van der Waals surface area contributed by atoms with Gasteiger partial charge in [-0.1, -0.05) is 62.6 Å². The van der Waals surface area contributed by atoms with Crippen molar-refractivity contribution in [3.05, 3.63) is 60.7 Å². The van der Waals surface area contributed by atoms with E-state index >= 15 is 0 Å². The van der Waals surface area contributed by atoms with Crippen molar-refractivity contribution in [2.24, 2.45) is 11.8 Å². The molecule has 136 valence electrons. The molecule has 1 saturated carbocycles. The Morgan fingerprint density at radius 3 is 1.88 bits per heavy atom. The number of para-hydroxylation sites is 2. The van der Waals surface area contributed by atoms with Crippen LogP contribution in [0.4, 0.5) is 11.4 Å². The lowest BCUT2D eigenvalue weighted by Crippen LogP contribution is -2.33. The van der Waals surface area contributed by atoms with Crippen LogP contribution in [0, 0.1) is 11.8 Å². The number of nitrogens with zero attached hydrogens (tertiary/aromatic N) is 1. The maximum atomic E-state index is 13.2. The number of Topliss-reactive ketones (excluding diaryl/α,β-unsaturated/α-hetero) is 1. The van der Waals surface area contributed by atoms with E-state index in [2.05, 4.69) is 0 Å². The van der Waals surface area contributed by atoms with Crippen molar-refractivity contribution in [2.75, 3.05) is 4.90 Å². The quantitative estimate of drug-likeness (QED) is 0.688. The summed E-state index contributed by atoms with van der Waals surface area (Å²) in [4.78, 5) is 27.6. The van der Waals surface area contributed by atoms with E-state index < -0.39 is 0 Å². The van der Waals surface area contributed by atoms with Crippen molar-refractivity contribution in [3.8, 4) is 0 Å². The van der Waals surface area contributed by atoms with E-state index in [9.17, 15) is 9.59 Å². The predicted molar refractivity (Wildman–Crippen MR) is 105 cm³/mol. The van der Waals surface area contributed by atoms with Gasteiger partial charge in [-0.15, -0.1) is 0 Å². The van der Waals surface area contributed by atoms with Crippen molar-refractivity contribution in [1.82, 2.24) is 0 Å². The average molecular weight is 349 g/mol. The van der Waals surface area contributed by atoms with E-state index in [1.54, 1.807) is 4.90 Å². The molecule has 0 bridgehead atoms. The van der Waals surface area contributed by atoms with Crippen LogP contribution in [0.2, 0.25) is 0 Å². The Morgan fingerprint density at radius 1 is 0.885 bits per heavy atom. The summed E-state index contributed by atoms with van der Waals surface area (Å²) in [5.41, 5.74) is 1.67. The Kier molecular flexibility index (Phi) is 6.21. The summed E-state index contributed by atoms with van der Waals surface area (Å²) in [6, 6.07) is 19.3. The number of carbonyl (C=O) groups excluding carboxylic acids is 2. The van der Waals surface area contributed by atoms with Gasteiger partial charge in [0.25, 0.3) is 0 Å². The van der Waals surface area contributed by atoms with Crippen LogP contribution in [0.1, 0.15) is 45.4 Å². The van der Waals surface area contributed by atoms with Gasteiger partial charge >= 0.3 is 0 Å². The summed E-state index contributed by atoms with van der Waals surface area (Å²) in [7, 11) is 0. The van der Waals surface area contributed by atoms with Crippen LogP contribution in [0.3, 0.4) is 0 Å². The first kappa shape index (κ1) is 18.4. The van der Waals surface area contributed by atoms with Gasteiger partial charge in [0.15, 0.2) is 0 Å². The zero-order valence-electron chi connectivity index (χ0n) is 15.4. The topological polar surface area (TPSA) is 37.4 Å². The van der Waals surface area contributed by atoms with Gasteiger partial charge in [-0.25, -0.2) is 0 Å². The summed E-state index contributed by atoms with van der Waals surface area (Å²) < 4.78 is 0. The summed E-state index contributed by atoms with van der Waals surface area (Å²) in [6.45, 7) is 1.88. The van der Waals surface area contributed by atoms with Crippen LogP contribution in [0.15, 0.2) is 60.7 Å². The normalized spacial score (nSPS) is 16.0. The van der Waals surface area contributed by atoms with Gasteiger partial charge in [0.1, 0.15) is 5.78 Å². The van der Waals surface area contributed by atoms with E-state index in [-0.39, 0.29) is 23.5 Å². The molecule has 0 spiro atoms. The van der Waals surface area contributed by atoms with Gasteiger partial charge in [-0.3, -0.25) is 14.5 Å². The van der Waals surface area contributed by atoms with Crippen molar-refractivity contribution in [2.45, 2.75) is 45.4 Å². The lowest BCUT2D eigenvalue weighted by molar-refractivity contribution is -0.129. The standard InChI is InChI=1S/C23H27NO2/c1-18(17-22(25)19-11-5-2-6-12-19)23(26)24(20-13-7-3-8-14-20)21-15-9-4-10-16-21/h3-4,7-10,13-16,18-19H,2,5-6,11-12,17H2,1H3/t18-/m1/s1. The average Bonchev–Trinajstić information content (AvgIpc) is 2.70. The molecule has 1 aliphatic rings. The molecular weight excluding hydrogens is 322 g/mol. The maximum absolute atomic E-state index is 13.2. The third kappa shape index (κ3) is 4.40. The molecule has 0 radical (unpaired) electrons. The molecule has 3 rings (SSSR count). The minimum Gasteiger partial charge on any atom is -0.299 e. The minimum absolute atomic E-state index is 0.0217. The molecule has 0 N–H and O–H groups in total. The third-order valence-electron chi connectivity index (χ3n) is 5.24. The molecule has 3 nitrogen and oxygen atoms in total. The highest BCUT2D eigenvalue weighted by Crippen LogP contribution is 2.30. The Labute approximate surface area is 156 Å². The number of benzene rings is 2. The van der Waals surface area contributed by atoms with Crippen LogP contribution in [-0.2, 0) is 9.59 Å². The monoisotopic (exact) mass is 349 g/mol. The number of rotatable bonds is 6. The van der Waals surface area contributed by atoms with Crippen molar-refractivity contribution in [3.63, 3.8) is 0 Å². The molecule has 2 aromatic rings. The SMILES string of the molecule is C[C@H](CC(=O)C1CCCCC1)C(=O)N(c1ccccc1)c1ccccc1. The van der Waals surface area contributed by atoms with E-state index in [4.69, 9.17) is 0 Å². The molecule has 0 aromatic heterocycles. The third-order valence-corrected chi connectivity index (χ3v) is 5.24. The molecule has 0 aliphatic heterocycles. The van der Waals surface area contributed by atoms with Gasteiger partial charge < -0.3 is 0 Å². The first-order chi connectivity index (χ1) is 12.7. The van der Waals surface area contributed by atoms with Crippen LogP contribution in [0.5, 0.6) is 0 Å². The number of hydrogen-bond acceptors (Lipinski definition) is 2. The fourth-order valence-electron chi connectivity index (χ4n) is 3.76. The van der Waals surface area contributed by atoms with Crippen LogP contribution in [-0.4, -0.2) is 11.7 Å². The van der Waals surface area contributed by atoms with Crippen LogP contribution in [0.25, 0.3) is 0 Å². The Morgan fingerprint density at radius 2 is 1.38 bits per heavy atom. The van der Waals surface area contributed by atoms with Crippen LogP contribution >= 0.6 is 0 Å². The first-order valence-electron chi connectivity index (χ1n) is 9.63. The van der Waals surface area contributed by atoms with E-state index in [1.165, 1.54) is 6.42 Å². The lowest BCUT2D eigenvalue weighted by Gasteiger charge is -2.27. The summed E-state index contributed by atoms with van der Waals surface area (Å²) >= 11 is 0. The molecular formula is C23H27NO2. The Bertz CT molecular complexity index is 681. The molecule has 1 atom stereocenters. The minimum atomic E-state index is -0.329. The molecule has 1 amide bonds. The van der Waals surface area contributed by atoms with Gasteiger partial charge in [-0.2, -0.15) is 0 Å². The van der Waals surface area contributed by atoms with Gasteiger partial charge in [0, 0.05) is 29.6 Å². The first-order valence-corrected chi connectivity index (χ1v) is 9.63. The van der Waals surface area contributed by atoms with Crippen molar-refractivity contribution >= 4 is 23.1 Å². The molecule has 26 heavy (non-hydrogen) atoms. The second-order valence-corrected chi connectivity index (χ2v) is 7.25. The Balaban J connectivity index is 1.77. The smallest absolute Gasteiger partial charge is 0.234 e. The van der Waals surface area contributed by atoms with Crippen LogP contribution < -0.4 is 4.90 Å². The second kappa shape index (κ2) is 8.79. The largest absolute Gasteiger partial charge is 0.299 e. The highest BCUT2D eigenvalue weighted by molar-refractivity contribution is 6.03. The van der Waals surface area contributed by atoms with Gasteiger partial charge in [-0.05, 0) is 37.1 Å². The molecule has 0 heterocycles. The number of anilines is 2. The highest BCUT2D eigenvalue weighted by atomic mass is 16.2. The number of ketones is 1. The zero-order valence-corrected chi connectivity index (χ0v) is 15.4. The number of amides is 1. The zero-order chi connectivity index (χ0) is 18.4. The Hall–Kier alpha value is -2.42. The maximum Gasteiger partial charge on any atom is 0.234 e. The lowest BCUT2D eigenvalue weighted by atomic mass is 9.83. The van der Waals surface area contributed by atoms with Gasteiger partial charge in [0.05, 0.1) is 0 Å². The fraction of sp³-hybridized carbons (Fsp3) is 0.391. The molecule has 1 aliphatic carbocycles. The summed E-state index contributed by atoms with van der Waals surface area (Å²) in [5.74, 6) is 0.0592. The molecule has 0 saturated heterocycles. The predicted octanol–water partition coefficient (Wildman–Crippen LogP) is 5.53. The number of hydrogen-bond donors (Lipinski definition) is 0. The van der Waals surface area contributed by atoms with Crippen molar-refractivity contribution in [1.29, 1.82) is 0 Å².